The molecule has 0 amide bonds. The van der Waals surface area contributed by atoms with Crippen LogP contribution in [0.4, 0.5) is 0 Å². The third kappa shape index (κ3) is 2.90. The number of nitrogens with one attached hydrogen (secondary N) is 1. The Labute approximate surface area is 67.0 Å². The topological polar surface area (TPSA) is 69.6 Å². The Balaban J connectivity index is 4.22. The Morgan fingerprint density at radius 3 is 2.27 bits per heavy atom. The molecule has 62 valence electrons. The van der Waals surface area contributed by atoms with Gasteiger partial charge in [0.1, 0.15) is 7.85 Å². The van der Waals surface area contributed by atoms with Crippen molar-refractivity contribution in [2.75, 3.05) is 6.61 Å². The fourth-order valence-electron chi connectivity index (χ4n) is 0.690. The zero-order chi connectivity index (χ0) is 9.07. The molecule has 0 aromatic rings. The summed E-state index contributed by atoms with van der Waals surface area (Å²) in [6, 6.07) is -0.0803. The molecular formula is C6H12BNO3. The van der Waals surface area contributed by atoms with Crippen LogP contribution in [-0.2, 0) is 4.79 Å². The fraction of sp³-hybridized carbons (Fsp3) is 0.833. The number of aliphatic carboxylic acids is 1. The molecule has 0 aromatic heterocycles. The van der Waals surface area contributed by atoms with Crippen molar-refractivity contribution in [3.63, 3.8) is 0 Å². The number of rotatable bonds is 4. The molecule has 0 heterocycles. The Kier molecular flexibility index (Phi) is 3.55. The Bertz CT molecular complexity index is 151. The molecule has 0 bridgehead atoms. The maximum absolute atomic E-state index is 10.4. The first kappa shape index (κ1) is 10.5. The van der Waals surface area contributed by atoms with E-state index >= 15 is 0 Å². The van der Waals surface area contributed by atoms with Crippen LogP contribution in [0, 0.1) is 0 Å². The molecule has 0 aliphatic rings. The maximum atomic E-state index is 10.4. The van der Waals surface area contributed by atoms with Gasteiger partial charge in [0.2, 0.25) is 0 Å². The van der Waals surface area contributed by atoms with Crippen molar-refractivity contribution in [3.05, 3.63) is 0 Å². The van der Waals surface area contributed by atoms with Crippen molar-refractivity contribution in [2.24, 2.45) is 0 Å². The van der Waals surface area contributed by atoms with Crippen LogP contribution in [0.5, 0.6) is 0 Å². The second kappa shape index (κ2) is 3.73. The molecule has 0 fully saturated rings. The summed E-state index contributed by atoms with van der Waals surface area (Å²) in [6.45, 7) is 2.88. The zero-order valence-electron chi connectivity index (χ0n) is 6.66. The predicted molar refractivity (Wildman–Crippen MR) is 41.5 cm³/mol. The molecule has 11 heavy (non-hydrogen) atoms. The summed E-state index contributed by atoms with van der Waals surface area (Å²) in [5, 5.41) is 19.7. The molecule has 0 aliphatic carbocycles. The number of carbonyl (C=O) groups is 1. The van der Waals surface area contributed by atoms with Crippen LogP contribution in [0.15, 0.2) is 0 Å². The molecule has 5 heteroatoms. The van der Waals surface area contributed by atoms with Gasteiger partial charge in [0.15, 0.2) is 0 Å². The van der Waals surface area contributed by atoms with Crippen molar-refractivity contribution in [1.82, 2.24) is 5.32 Å². The summed E-state index contributed by atoms with van der Waals surface area (Å²) in [7, 11) is 5.28. The van der Waals surface area contributed by atoms with Gasteiger partial charge in [0, 0.05) is 6.04 Å². The SMILES string of the molecule is [B][C@](CO)(NC(C)C)C(=O)O. The quantitative estimate of drug-likeness (QED) is 0.454. The number of aliphatic hydroxyl groups is 1. The second-order valence-electron chi connectivity index (χ2n) is 2.73. The van der Waals surface area contributed by atoms with Crippen LogP contribution in [0.1, 0.15) is 13.8 Å². The summed E-state index contributed by atoms with van der Waals surface area (Å²) in [5.41, 5.74) is -1.71. The highest BCUT2D eigenvalue weighted by molar-refractivity contribution is 6.27. The van der Waals surface area contributed by atoms with Crippen LogP contribution in [-0.4, -0.2) is 42.1 Å². The summed E-state index contributed by atoms with van der Waals surface area (Å²) in [5.74, 6) is -1.26. The van der Waals surface area contributed by atoms with Gasteiger partial charge in [-0.2, -0.15) is 0 Å². The minimum Gasteiger partial charge on any atom is -0.480 e. The molecule has 0 aliphatic heterocycles. The first-order valence-electron chi connectivity index (χ1n) is 3.33. The van der Waals surface area contributed by atoms with E-state index in [4.69, 9.17) is 18.1 Å². The highest BCUT2D eigenvalue weighted by Crippen LogP contribution is 1.99. The zero-order valence-corrected chi connectivity index (χ0v) is 6.66. The molecule has 4 nitrogen and oxygen atoms in total. The Morgan fingerprint density at radius 1 is 1.73 bits per heavy atom. The van der Waals surface area contributed by atoms with E-state index in [1.54, 1.807) is 13.8 Å². The highest BCUT2D eigenvalue weighted by Gasteiger charge is 2.31. The minimum absolute atomic E-state index is 0.0803. The van der Waals surface area contributed by atoms with E-state index in [0.717, 1.165) is 0 Å². The first-order chi connectivity index (χ1) is 4.92. The first-order valence-corrected chi connectivity index (χ1v) is 3.33. The summed E-state index contributed by atoms with van der Waals surface area (Å²) in [4.78, 5) is 10.4. The lowest BCUT2D eigenvalue weighted by molar-refractivity contribution is -0.142. The van der Waals surface area contributed by atoms with Crippen LogP contribution < -0.4 is 5.32 Å². The van der Waals surface area contributed by atoms with Gasteiger partial charge in [0.05, 0.1) is 12.0 Å². The van der Waals surface area contributed by atoms with Gasteiger partial charge in [-0.25, -0.2) is 0 Å². The lowest BCUT2D eigenvalue weighted by Crippen LogP contribution is -2.58. The van der Waals surface area contributed by atoms with E-state index in [0.29, 0.717) is 0 Å². The van der Waals surface area contributed by atoms with Gasteiger partial charge in [-0.3, -0.25) is 4.79 Å². The van der Waals surface area contributed by atoms with Gasteiger partial charge in [-0.1, -0.05) is 13.8 Å². The van der Waals surface area contributed by atoms with Crippen LogP contribution in [0.25, 0.3) is 0 Å². The van der Waals surface area contributed by atoms with E-state index in [-0.39, 0.29) is 6.04 Å². The number of hydrogen-bond donors (Lipinski definition) is 3. The van der Waals surface area contributed by atoms with Gasteiger partial charge >= 0.3 is 5.97 Å². The molecule has 0 aromatic carbocycles. The lowest BCUT2D eigenvalue weighted by atomic mass is 9.78. The van der Waals surface area contributed by atoms with Gasteiger partial charge in [-0.15, -0.1) is 0 Å². The maximum Gasteiger partial charge on any atom is 0.316 e. The molecule has 0 rings (SSSR count). The lowest BCUT2D eigenvalue weighted by Gasteiger charge is -2.26. The van der Waals surface area contributed by atoms with E-state index in [1.165, 1.54) is 0 Å². The molecule has 0 saturated carbocycles. The van der Waals surface area contributed by atoms with Gasteiger partial charge in [0.25, 0.3) is 0 Å². The number of carboxylic acid groups (broad SMARTS) is 1. The molecular weight excluding hydrogens is 145 g/mol. The van der Waals surface area contributed by atoms with E-state index < -0.39 is 18.0 Å². The third-order valence-corrected chi connectivity index (χ3v) is 1.18. The van der Waals surface area contributed by atoms with Crippen molar-refractivity contribution < 1.29 is 15.0 Å². The number of hydrogen-bond acceptors (Lipinski definition) is 3. The molecule has 1 atom stereocenters. The van der Waals surface area contributed by atoms with E-state index in [1.807, 2.05) is 0 Å². The average molecular weight is 157 g/mol. The Hall–Kier alpha value is -0.545. The minimum atomic E-state index is -1.71. The van der Waals surface area contributed by atoms with Crippen molar-refractivity contribution in [2.45, 2.75) is 25.3 Å². The normalized spacial score (nSPS) is 16.4. The Morgan fingerprint density at radius 2 is 2.18 bits per heavy atom. The van der Waals surface area contributed by atoms with Crippen LogP contribution in [0.3, 0.4) is 0 Å². The number of carboxylic acids is 1. The summed E-state index contributed by atoms with van der Waals surface area (Å²) < 4.78 is 0. The fourth-order valence-corrected chi connectivity index (χ4v) is 0.690. The highest BCUT2D eigenvalue weighted by atomic mass is 16.4. The van der Waals surface area contributed by atoms with E-state index in [2.05, 4.69) is 5.32 Å². The van der Waals surface area contributed by atoms with Crippen LogP contribution in [0.2, 0.25) is 0 Å². The smallest absolute Gasteiger partial charge is 0.316 e. The average Bonchev–Trinajstić information content (AvgIpc) is 1.86. The molecule has 3 N–H and O–H groups in total. The third-order valence-electron chi connectivity index (χ3n) is 1.18. The molecule has 0 saturated heterocycles. The largest absolute Gasteiger partial charge is 0.480 e. The van der Waals surface area contributed by atoms with E-state index in [9.17, 15) is 4.79 Å². The molecule has 2 radical (unpaired) electrons. The second-order valence-corrected chi connectivity index (χ2v) is 2.73. The standard InChI is InChI=1S/C6H12BNO3/c1-4(2)8-6(7,3-9)5(10)11/h4,8-9H,3H2,1-2H3,(H,10,11)/t6-/m1/s1. The number of aliphatic hydroxyl groups excluding tert-OH is 1. The van der Waals surface area contributed by atoms with Crippen molar-refractivity contribution >= 4 is 13.8 Å². The predicted octanol–water partition coefficient (Wildman–Crippen LogP) is -1.07. The van der Waals surface area contributed by atoms with Gasteiger partial charge < -0.3 is 15.5 Å². The summed E-state index contributed by atoms with van der Waals surface area (Å²) >= 11 is 0. The van der Waals surface area contributed by atoms with Crippen molar-refractivity contribution in [3.8, 4) is 0 Å². The van der Waals surface area contributed by atoms with Gasteiger partial charge in [-0.05, 0) is 0 Å². The van der Waals surface area contributed by atoms with Crippen molar-refractivity contribution in [1.29, 1.82) is 0 Å². The monoisotopic (exact) mass is 157 g/mol. The summed E-state index contributed by atoms with van der Waals surface area (Å²) in [6.07, 6.45) is 0. The van der Waals surface area contributed by atoms with Crippen LogP contribution >= 0.6 is 0 Å². The molecule has 0 spiro atoms. The molecule has 0 unspecified atom stereocenters.